The van der Waals surface area contributed by atoms with Gasteiger partial charge >= 0.3 is 0 Å². The van der Waals surface area contributed by atoms with Gasteiger partial charge in [-0.1, -0.05) is 46.2 Å². The third-order valence-electron chi connectivity index (χ3n) is 3.21. The smallest absolute Gasteiger partial charge is 0.0340 e. The summed E-state index contributed by atoms with van der Waals surface area (Å²) in [5.41, 5.74) is 3.16. The van der Waals surface area contributed by atoms with Crippen molar-refractivity contribution in [1.82, 2.24) is 0 Å². The van der Waals surface area contributed by atoms with Crippen LogP contribution >= 0.6 is 0 Å². The van der Waals surface area contributed by atoms with Crippen LogP contribution in [0.2, 0.25) is 0 Å². The molecule has 0 atom stereocenters. The van der Waals surface area contributed by atoms with Gasteiger partial charge in [0.25, 0.3) is 0 Å². The van der Waals surface area contributed by atoms with Gasteiger partial charge in [-0.2, -0.15) is 0 Å². The van der Waals surface area contributed by atoms with Crippen LogP contribution in [0.25, 0.3) is 0 Å². The van der Waals surface area contributed by atoms with E-state index in [0.29, 0.717) is 5.41 Å². The summed E-state index contributed by atoms with van der Waals surface area (Å²) in [5, 5.41) is 3.50. The predicted molar refractivity (Wildman–Crippen MR) is 82.2 cm³/mol. The van der Waals surface area contributed by atoms with Gasteiger partial charge in [0, 0.05) is 12.2 Å². The largest absolute Gasteiger partial charge is 0.385 e. The van der Waals surface area contributed by atoms with Crippen molar-refractivity contribution in [2.45, 2.75) is 59.8 Å². The Morgan fingerprint density at radius 1 is 1.00 bits per heavy atom. The molecule has 0 bridgehead atoms. The molecule has 0 saturated heterocycles. The van der Waals surface area contributed by atoms with Gasteiger partial charge in [0.1, 0.15) is 0 Å². The van der Waals surface area contributed by atoms with Crippen molar-refractivity contribution in [2.24, 2.45) is 5.41 Å². The summed E-state index contributed by atoms with van der Waals surface area (Å²) < 4.78 is 0. The molecule has 1 N–H and O–H groups in total. The van der Waals surface area contributed by atoms with Crippen LogP contribution in [0.15, 0.2) is 24.3 Å². The molecule has 0 fully saturated rings. The molecule has 18 heavy (non-hydrogen) atoms. The van der Waals surface area contributed by atoms with E-state index >= 15 is 0 Å². The van der Waals surface area contributed by atoms with Crippen molar-refractivity contribution in [2.75, 3.05) is 11.9 Å². The van der Waals surface area contributed by atoms with E-state index in [4.69, 9.17) is 0 Å². The van der Waals surface area contributed by atoms with Gasteiger partial charge in [0.2, 0.25) is 0 Å². The Morgan fingerprint density at radius 2 is 1.67 bits per heavy atom. The number of hydrogen-bond acceptors (Lipinski definition) is 1. The topological polar surface area (TPSA) is 12.0 Å². The van der Waals surface area contributed by atoms with Crippen molar-refractivity contribution >= 4 is 5.69 Å². The van der Waals surface area contributed by atoms with Crippen LogP contribution in [0.1, 0.15) is 58.9 Å². The summed E-state index contributed by atoms with van der Waals surface area (Å²) in [5.74, 6) is 0. The monoisotopic (exact) mass is 247 g/mol. The van der Waals surface area contributed by atoms with Crippen molar-refractivity contribution in [3.63, 3.8) is 0 Å². The first-order valence-electron chi connectivity index (χ1n) is 7.34. The highest BCUT2D eigenvalue weighted by molar-refractivity contribution is 5.44. The normalized spacial score (nSPS) is 11.6. The summed E-state index contributed by atoms with van der Waals surface area (Å²) in [6.45, 7) is 10.2. The van der Waals surface area contributed by atoms with E-state index in [9.17, 15) is 0 Å². The van der Waals surface area contributed by atoms with Crippen LogP contribution in [0.5, 0.6) is 0 Å². The van der Waals surface area contributed by atoms with Crippen LogP contribution in [-0.4, -0.2) is 6.54 Å². The zero-order valence-corrected chi connectivity index (χ0v) is 12.6. The number of benzene rings is 1. The van der Waals surface area contributed by atoms with Crippen LogP contribution < -0.4 is 5.32 Å². The average Bonchev–Trinajstić information content (AvgIpc) is 2.32. The van der Waals surface area contributed by atoms with Gasteiger partial charge < -0.3 is 5.32 Å². The Bertz CT molecular complexity index is 318. The standard InChI is InChI=1S/C17H29N/c1-5-6-8-15-9-11-16(12-10-15)18-14-7-13-17(2,3)4/h9-12,18H,5-8,13-14H2,1-4H3. The fourth-order valence-corrected chi connectivity index (χ4v) is 2.02. The third-order valence-corrected chi connectivity index (χ3v) is 3.21. The van der Waals surface area contributed by atoms with Crippen LogP contribution in [-0.2, 0) is 6.42 Å². The van der Waals surface area contributed by atoms with Gasteiger partial charge in [0.05, 0.1) is 0 Å². The van der Waals surface area contributed by atoms with Crippen LogP contribution in [0.4, 0.5) is 5.69 Å². The number of rotatable bonds is 7. The molecule has 1 aromatic carbocycles. The van der Waals surface area contributed by atoms with Gasteiger partial charge in [-0.15, -0.1) is 0 Å². The average molecular weight is 247 g/mol. The quantitative estimate of drug-likeness (QED) is 0.647. The second-order valence-electron chi connectivity index (χ2n) is 6.39. The molecule has 1 nitrogen and oxygen atoms in total. The predicted octanol–water partition coefficient (Wildman–Crippen LogP) is 5.27. The number of unbranched alkanes of at least 4 members (excludes halogenated alkanes) is 1. The Hall–Kier alpha value is -0.980. The van der Waals surface area contributed by atoms with E-state index in [1.165, 1.54) is 43.4 Å². The van der Waals surface area contributed by atoms with Crippen molar-refractivity contribution < 1.29 is 0 Å². The molecule has 1 aromatic rings. The molecule has 102 valence electrons. The second kappa shape index (κ2) is 7.45. The van der Waals surface area contributed by atoms with E-state index in [1.807, 2.05) is 0 Å². The lowest BCUT2D eigenvalue weighted by molar-refractivity contribution is 0.370. The van der Waals surface area contributed by atoms with E-state index in [-0.39, 0.29) is 0 Å². The van der Waals surface area contributed by atoms with E-state index in [2.05, 4.69) is 57.3 Å². The molecule has 1 heteroatoms. The Kier molecular flexibility index (Phi) is 6.24. The zero-order chi connectivity index (χ0) is 13.4. The molecule has 0 saturated carbocycles. The molecule has 0 heterocycles. The SMILES string of the molecule is CCCCc1ccc(NCCCC(C)(C)C)cc1. The highest BCUT2D eigenvalue weighted by Gasteiger charge is 2.08. The van der Waals surface area contributed by atoms with Gasteiger partial charge in [0.15, 0.2) is 0 Å². The molecular formula is C17H29N. The van der Waals surface area contributed by atoms with E-state index in [1.54, 1.807) is 0 Å². The van der Waals surface area contributed by atoms with Crippen molar-refractivity contribution in [1.29, 1.82) is 0 Å². The highest BCUT2D eigenvalue weighted by atomic mass is 14.9. The first-order chi connectivity index (χ1) is 8.51. The summed E-state index contributed by atoms with van der Waals surface area (Å²) in [6.07, 6.45) is 6.28. The molecule has 0 aliphatic rings. The maximum atomic E-state index is 3.50. The molecule has 0 aliphatic heterocycles. The number of hydrogen-bond donors (Lipinski definition) is 1. The van der Waals surface area contributed by atoms with Crippen LogP contribution in [0, 0.1) is 5.41 Å². The van der Waals surface area contributed by atoms with E-state index < -0.39 is 0 Å². The minimum absolute atomic E-state index is 0.450. The lowest BCUT2D eigenvalue weighted by Gasteiger charge is -2.18. The van der Waals surface area contributed by atoms with Gasteiger partial charge in [-0.05, 0) is 48.8 Å². The number of anilines is 1. The maximum Gasteiger partial charge on any atom is 0.0340 e. The number of nitrogens with one attached hydrogen (secondary N) is 1. The molecule has 0 unspecified atom stereocenters. The second-order valence-corrected chi connectivity index (χ2v) is 6.39. The minimum atomic E-state index is 0.450. The molecule has 0 spiro atoms. The molecular weight excluding hydrogens is 218 g/mol. The summed E-state index contributed by atoms with van der Waals surface area (Å²) in [4.78, 5) is 0. The molecule has 0 radical (unpaired) electrons. The first-order valence-corrected chi connectivity index (χ1v) is 7.34. The molecule has 0 aromatic heterocycles. The third kappa shape index (κ3) is 6.68. The molecule has 0 amide bonds. The lowest BCUT2D eigenvalue weighted by atomic mass is 9.91. The van der Waals surface area contributed by atoms with Crippen molar-refractivity contribution in [3.8, 4) is 0 Å². The summed E-state index contributed by atoms with van der Waals surface area (Å²) in [7, 11) is 0. The van der Waals surface area contributed by atoms with Gasteiger partial charge in [-0.25, -0.2) is 0 Å². The fraction of sp³-hybridized carbons (Fsp3) is 0.647. The Morgan fingerprint density at radius 3 is 2.22 bits per heavy atom. The van der Waals surface area contributed by atoms with Gasteiger partial charge in [-0.3, -0.25) is 0 Å². The highest BCUT2D eigenvalue weighted by Crippen LogP contribution is 2.20. The fourth-order valence-electron chi connectivity index (χ4n) is 2.02. The minimum Gasteiger partial charge on any atom is -0.385 e. The molecule has 1 rings (SSSR count). The first kappa shape index (κ1) is 15.1. The number of aryl methyl sites for hydroxylation is 1. The summed E-state index contributed by atoms with van der Waals surface area (Å²) in [6, 6.07) is 8.92. The zero-order valence-electron chi connectivity index (χ0n) is 12.6. The van der Waals surface area contributed by atoms with Crippen LogP contribution in [0.3, 0.4) is 0 Å². The Labute approximate surface area is 113 Å². The molecule has 0 aliphatic carbocycles. The van der Waals surface area contributed by atoms with Crippen molar-refractivity contribution in [3.05, 3.63) is 29.8 Å². The maximum absolute atomic E-state index is 3.50. The Balaban J connectivity index is 2.26. The summed E-state index contributed by atoms with van der Waals surface area (Å²) >= 11 is 0. The lowest BCUT2D eigenvalue weighted by Crippen LogP contribution is -2.09. The van der Waals surface area contributed by atoms with E-state index in [0.717, 1.165) is 6.54 Å².